The average molecular weight is 375 g/mol. The van der Waals surface area contributed by atoms with Crippen LogP contribution in [0.2, 0.25) is 0 Å². The second-order valence-electron chi connectivity index (χ2n) is 6.32. The molecule has 2 rings (SSSR count). The molecule has 0 saturated carbocycles. The van der Waals surface area contributed by atoms with Crippen LogP contribution < -0.4 is 51.4 Å². The Morgan fingerprint density at radius 1 is 1.12 bits per heavy atom. The summed E-state index contributed by atoms with van der Waals surface area (Å²) in [6.45, 7) is 9.61. The van der Waals surface area contributed by atoms with Crippen LogP contribution in [0.4, 0.5) is 0 Å². The third-order valence-corrected chi connectivity index (χ3v) is 4.36. The Hall–Kier alpha value is -0.0536. The summed E-state index contributed by atoms with van der Waals surface area (Å²) in [5, 5.41) is 9.67. The van der Waals surface area contributed by atoms with Gasteiger partial charge in [0, 0.05) is 20.9 Å². The maximum Gasteiger partial charge on any atom is 1.00 e. The number of hydrogen-bond donors (Lipinski definition) is 1. The molecule has 0 radical (unpaired) electrons. The van der Waals surface area contributed by atoms with Crippen molar-refractivity contribution in [3.05, 3.63) is 45.6 Å². The number of hydrogen-bond acceptors (Lipinski definition) is 4. The number of carboxylic acid groups (broad SMARTS) is 1. The molecular weight excluding hydrogens is 351 g/mol. The topological polar surface area (TPSA) is 76.5 Å². The predicted molar refractivity (Wildman–Crippen MR) is 92.4 cm³/mol. The van der Waals surface area contributed by atoms with Gasteiger partial charge in [0.05, 0.1) is 5.60 Å². The zero-order valence-electron chi connectivity index (χ0n) is 15.1. The minimum absolute atomic E-state index is 0. The van der Waals surface area contributed by atoms with E-state index < -0.39 is 17.7 Å². The summed E-state index contributed by atoms with van der Waals surface area (Å²) in [5.41, 5.74) is 2.26. The molecule has 1 aromatic heterocycles. The molecule has 1 heterocycles. The van der Waals surface area contributed by atoms with Crippen molar-refractivity contribution in [3.63, 3.8) is 0 Å². The fraction of sp³-hybridized carbons (Fsp3) is 0.389. The van der Waals surface area contributed by atoms with Crippen LogP contribution in [-0.4, -0.2) is 22.2 Å². The van der Waals surface area contributed by atoms with Gasteiger partial charge in [-0.05, 0) is 40.2 Å². The van der Waals surface area contributed by atoms with Crippen molar-refractivity contribution in [3.8, 4) is 11.1 Å². The van der Waals surface area contributed by atoms with Crippen LogP contribution in [0.1, 0.15) is 42.2 Å². The van der Waals surface area contributed by atoms with E-state index in [2.05, 4.69) is 0 Å². The SMILES string of the molecule is Cc1sc(C)c(C(OC(C)(C)C)C(=O)O)c1-c1ccccc1.[K+].[OH-]. The van der Waals surface area contributed by atoms with E-state index in [0.717, 1.165) is 26.4 Å². The first kappa shape index (κ1) is 23.9. The molecule has 1 aromatic carbocycles. The Kier molecular flexibility index (Phi) is 9.57. The van der Waals surface area contributed by atoms with E-state index >= 15 is 0 Å². The Balaban J connectivity index is 0.00000264. The van der Waals surface area contributed by atoms with E-state index in [1.807, 2.05) is 65.0 Å². The molecule has 4 nitrogen and oxygen atoms in total. The van der Waals surface area contributed by atoms with Crippen LogP contribution in [0.25, 0.3) is 11.1 Å². The first-order valence-electron chi connectivity index (χ1n) is 7.26. The van der Waals surface area contributed by atoms with E-state index in [-0.39, 0.29) is 56.9 Å². The molecule has 6 heteroatoms. The van der Waals surface area contributed by atoms with Gasteiger partial charge in [-0.1, -0.05) is 30.3 Å². The normalized spacial score (nSPS) is 12.0. The summed E-state index contributed by atoms with van der Waals surface area (Å²) in [7, 11) is 0. The third kappa shape index (κ3) is 5.74. The number of ether oxygens (including phenoxy) is 1. The zero-order valence-corrected chi connectivity index (χ0v) is 19.0. The van der Waals surface area contributed by atoms with Crippen molar-refractivity contribution in [2.75, 3.05) is 0 Å². The smallest absolute Gasteiger partial charge is 0.870 e. The van der Waals surface area contributed by atoms with Crippen LogP contribution in [0, 0.1) is 13.8 Å². The van der Waals surface area contributed by atoms with Gasteiger partial charge < -0.3 is 15.3 Å². The van der Waals surface area contributed by atoms with Crippen molar-refractivity contribution in [2.24, 2.45) is 0 Å². The Bertz CT molecular complexity index is 674. The molecule has 1 unspecified atom stereocenters. The molecular formula is C18H23KO4S. The van der Waals surface area contributed by atoms with Gasteiger partial charge in [0.1, 0.15) is 0 Å². The minimum Gasteiger partial charge on any atom is -0.870 e. The van der Waals surface area contributed by atoms with Gasteiger partial charge in [0.15, 0.2) is 6.10 Å². The molecule has 0 aliphatic carbocycles. The maximum atomic E-state index is 11.8. The molecule has 0 fully saturated rings. The molecule has 24 heavy (non-hydrogen) atoms. The maximum absolute atomic E-state index is 11.8. The Labute approximate surface area is 190 Å². The van der Waals surface area contributed by atoms with Gasteiger partial charge in [0.2, 0.25) is 0 Å². The number of rotatable bonds is 4. The monoisotopic (exact) mass is 374 g/mol. The standard InChI is InChI=1S/C18H22O3S.K.H2O/c1-11-14(13-9-7-6-8-10-13)15(12(2)22-11)16(17(19)20)21-18(3,4)5;;/h6-10,16H,1-5H3,(H,19,20);;1H2/q;+1;/p-1. The van der Waals surface area contributed by atoms with Crippen LogP contribution >= 0.6 is 11.3 Å². The molecule has 2 N–H and O–H groups in total. The molecule has 126 valence electrons. The first-order valence-corrected chi connectivity index (χ1v) is 8.08. The van der Waals surface area contributed by atoms with Crippen LogP contribution in [0.15, 0.2) is 30.3 Å². The number of benzene rings is 1. The summed E-state index contributed by atoms with van der Waals surface area (Å²) >= 11 is 1.62. The second-order valence-corrected chi connectivity index (χ2v) is 7.75. The van der Waals surface area contributed by atoms with Gasteiger partial charge in [-0.15, -0.1) is 11.3 Å². The van der Waals surface area contributed by atoms with Crippen LogP contribution in [-0.2, 0) is 9.53 Å². The summed E-state index contributed by atoms with van der Waals surface area (Å²) in [4.78, 5) is 13.9. The Morgan fingerprint density at radius 3 is 2.12 bits per heavy atom. The van der Waals surface area contributed by atoms with Gasteiger partial charge in [-0.25, -0.2) is 4.79 Å². The van der Waals surface area contributed by atoms with Gasteiger partial charge in [-0.3, -0.25) is 0 Å². The summed E-state index contributed by atoms with van der Waals surface area (Å²) in [6, 6.07) is 9.90. The van der Waals surface area contributed by atoms with Crippen molar-refractivity contribution in [1.82, 2.24) is 0 Å². The molecule has 2 aromatic rings. The van der Waals surface area contributed by atoms with Gasteiger partial charge in [-0.2, -0.15) is 0 Å². The number of carboxylic acids is 1. The van der Waals surface area contributed by atoms with E-state index in [1.54, 1.807) is 11.3 Å². The summed E-state index contributed by atoms with van der Waals surface area (Å²) in [5.74, 6) is -0.951. The molecule has 0 spiro atoms. The molecule has 1 atom stereocenters. The van der Waals surface area contributed by atoms with Crippen LogP contribution in [0.5, 0.6) is 0 Å². The van der Waals surface area contributed by atoms with Crippen molar-refractivity contribution >= 4 is 17.3 Å². The fourth-order valence-electron chi connectivity index (χ4n) is 2.57. The Morgan fingerprint density at radius 2 is 1.67 bits per heavy atom. The molecule has 0 bridgehead atoms. The average Bonchev–Trinajstić information content (AvgIpc) is 2.70. The van der Waals surface area contributed by atoms with Crippen molar-refractivity contribution in [2.45, 2.75) is 46.3 Å². The second kappa shape index (κ2) is 9.59. The number of aliphatic carboxylic acids is 1. The van der Waals surface area contributed by atoms with Gasteiger partial charge >= 0.3 is 57.4 Å². The van der Waals surface area contributed by atoms with Crippen molar-refractivity contribution < 1.29 is 71.5 Å². The summed E-state index contributed by atoms with van der Waals surface area (Å²) < 4.78 is 5.85. The van der Waals surface area contributed by atoms with E-state index in [9.17, 15) is 9.90 Å². The zero-order chi connectivity index (χ0) is 16.5. The number of carbonyl (C=O) groups is 1. The van der Waals surface area contributed by atoms with E-state index in [1.165, 1.54) is 0 Å². The molecule has 0 saturated heterocycles. The largest absolute Gasteiger partial charge is 1.00 e. The molecule has 0 aliphatic heterocycles. The van der Waals surface area contributed by atoms with Gasteiger partial charge in [0.25, 0.3) is 0 Å². The third-order valence-electron chi connectivity index (χ3n) is 3.33. The minimum atomic E-state index is -0.958. The van der Waals surface area contributed by atoms with Crippen molar-refractivity contribution in [1.29, 1.82) is 0 Å². The summed E-state index contributed by atoms with van der Waals surface area (Å²) in [6.07, 6.45) is -0.958. The predicted octanol–water partition coefficient (Wildman–Crippen LogP) is 1.80. The van der Waals surface area contributed by atoms with Crippen LogP contribution in [0.3, 0.4) is 0 Å². The van der Waals surface area contributed by atoms with E-state index in [4.69, 9.17) is 4.74 Å². The molecule has 0 amide bonds. The number of aryl methyl sites for hydroxylation is 2. The fourth-order valence-corrected chi connectivity index (χ4v) is 3.68. The quantitative estimate of drug-likeness (QED) is 0.828. The first-order chi connectivity index (χ1) is 10.2. The van der Waals surface area contributed by atoms with E-state index in [0.29, 0.717) is 0 Å². The molecule has 0 aliphatic rings. The number of thiophene rings is 1.